The number of carbonyl (C=O) groups excluding carboxylic acids is 2. The molecular weight excluding hydrogens is 442 g/mol. The van der Waals surface area contributed by atoms with Crippen molar-refractivity contribution in [2.45, 2.75) is 59.4 Å². The van der Waals surface area contributed by atoms with Crippen LogP contribution in [0.25, 0.3) is 0 Å². The van der Waals surface area contributed by atoms with Crippen molar-refractivity contribution in [3.8, 4) is 5.75 Å². The molecule has 0 saturated heterocycles. The monoisotopic (exact) mass is 473 g/mol. The van der Waals surface area contributed by atoms with Gasteiger partial charge in [-0.2, -0.15) is 0 Å². The minimum atomic E-state index is -1.01. The summed E-state index contributed by atoms with van der Waals surface area (Å²) < 4.78 is 17.6. The van der Waals surface area contributed by atoms with E-state index in [0.29, 0.717) is 23.0 Å². The summed E-state index contributed by atoms with van der Waals surface area (Å²) in [6.45, 7) is 10.4. The highest BCUT2D eigenvalue weighted by atomic mass is 35.5. The Kier molecular flexibility index (Phi) is 8.38. The fraction of sp³-hybridized carbons (Fsp3) is 0.462. The van der Waals surface area contributed by atoms with Gasteiger partial charge in [-0.3, -0.25) is 9.59 Å². The van der Waals surface area contributed by atoms with Crippen molar-refractivity contribution in [3.05, 3.63) is 58.6 Å². The van der Waals surface area contributed by atoms with Crippen LogP contribution in [0.4, 0.5) is 5.69 Å². The molecule has 2 aromatic rings. The Morgan fingerprint density at radius 2 is 1.85 bits per heavy atom. The van der Waals surface area contributed by atoms with Crippen molar-refractivity contribution in [2.75, 3.05) is 18.1 Å². The molecule has 0 N–H and O–H groups in total. The predicted molar refractivity (Wildman–Crippen MR) is 129 cm³/mol. The molecule has 1 heterocycles. The minimum absolute atomic E-state index is 0.0508. The lowest BCUT2D eigenvalue weighted by atomic mass is 9.98. The number of fused-ring (bicyclic) bond motifs is 1. The number of ether oxygens (including phenoxy) is 3. The number of amides is 1. The zero-order valence-electron chi connectivity index (χ0n) is 19.8. The molecule has 1 amide bonds. The van der Waals surface area contributed by atoms with Crippen molar-refractivity contribution in [2.24, 2.45) is 5.92 Å². The van der Waals surface area contributed by atoms with Crippen LogP contribution in [-0.4, -0.2) is 37.2 Å². The Morgan fingerprint density at radius 1 is 1.12 bits per heavy atom. The Bertz CT molecular complexity index is 990. The van der Waals surface area contributed by atoms with Crippen LogP contribution >= 0.6 is 11.6 Å². The van der Waals surface area contributed by atoms with Crippen molar-refractivity contribution in [1.82, 2.24) is 0 Å². The van der Waals surface area contributed by atoms with E-state index in [2.05, 4.69) is 0 Å². The molecule has 0 spiro atoms. The summed E-state index contributed by atoms with van der Waals surface area (Å²) in [7, 11) is 0. The third kappa shape index (κ3) is 6.06. The lowest BCUT2D eigenvalue weighted by molar-refractivity contribution is -0.151. The Labute approximate surface area is 200 Å². The molecule has 2 atom stereocenters. The lowest BCUT2D eigenvalue weighted by Crippen LogP contribution is -2.42. The van der Waals surface area contributed by atoms with E-state index < -0.39 is 18.2 Å². The molecule has 2 aromatic carbocycles. The van der Waals surface area contributed by atoms with Gasteiger partial charge in [0, 0.05) is 28.4 Å². The lowest BCUT2D eigenvalue weighted by Gasteiger charge is -2.26. The average Bonchev–Trinajstić information content (AvgIpc) is 2.84. The van der Waals surface area contributed by atoms with Crippen molar-refractivity contribution >= 4 is 29.2 Å². The molecule has 0 bridgehead atoms. The maximum absolute atomic E-state index is 13.6. The average molecular weight is 474 g/mol. The van der Waals surface area contributed by atoms with Crippen molar-refractivity contribution < 1.29 is 23.8 Å². The second-order valence-corrected chi connectivity index (χ2v) is 9.20. The first-order valence-electron chi connectivity index (χ1n) is 11.4. The fourth-order valence-electron chi connectivity index (χ4n) is 3.93. The predicted octanol–water partition coefficient (Wildman–Crippen LogP) is 5.56. The van der Waals surface area contributed by atoms with Gasteiger partial charge in [0.05, 0.1) is 19.1 Å². The third-order valence-electron chi connectivity index (χ3n) is 5.17. The molecule has 33 heavy (non-hydrogen) atoms. The number of anilines is 1. The van der Waals surface area contributed by atoms with Crippen LogP contribution in [0.3, 0.4) is 0 Å². The number of benzene rings is 2. The van der Waals surface area contributed by atoms with Gasteiger partial charge in [-0.05, 0) is 51.0 Å². The molecule has 7 heteroatoms. The highest BCUT2D eigenvalue weighted by Crippen LogP contribution is 2.43. The number of esters is 1. The summed E-state index contributed by atoms with van der Waals surface area (Å²) in [5.74, 6) is 0.108. The maximum atomic E-state index is 13.6. The standard InChI is InChI=1S/C26H32ClNO5/c1-6-31-24(29)14-23-26(30)28(15-16(2)3)21-12-11-18(27)13-20(21)25(33-23)19-9-7-8-10-22(19)32-17(4)5/h7-13,16-17,23,25H,6,14-15H2,1-5H3/t23-,25-/m1/s1. The molecule has 0 fully saturated rings. The van der Waals surface area contributed by atoms with Crippen LogP contribution in [0, 0.1) is 5.92 Å². The van der Waals surface area contributed by atoms with Gasteiger partial charge in [-0.1, -0.05) is 43.6 Å². The normalized spacial score (nSPS) is 18.3. The quantitative estimate of drug-likeness (QED) is 0.470. The Morgan fingerprint density at radius 3 is 2.52 bits per heavy atom. The summed E-state index contributed by atoms with van der Waals surface area (Å²) in [4.78, 5) is 27.7. The van der Waals surface area contributed by atoms with E-state index in [9.17, 15) is 9.59 Å². The summed E-state index contributed by atoms with van der Waals surface area (Å²) in [5, 5.41) is 0.533. The third-order valence-corrected chi connectivity index (χ3v) is 5.41. The van der Waals surface area contributed by atoms with E-state index in [-0.39, 0.29) is 31.0 Å². The maximum Gasteiger partial charge on any atom is 0.308 e. The number of hydrogen-bond acceptors (Lipinski definition) is 5. The van der Waals surface area contributed by atoms with Crippen LogP contribution < -0.4 is 9.64 Å². The van der Waals surface area contributed by atoms with Crippen molar-refractivity contribution in [3.63, 3.8) is 0 Å². The van der Waals surface area contributed by atoms with Crippen LogP contribution in [-0.2, 0) is 19.1 Å². The molecule has 0 saturated carbocycles. The second-order valence-electron chi connectivity index (χ2n) is 8.76. The van der Waals surface area contributed by atoms with Crippen LogP contribution in [0.2, 0.25) is 5.02 Å². The number of halogens is 1. The van der Waals surface area contributed by atoms with E-state index in [1.165, 1.54) is 0 Å². The molecule has 3 rings (SSSR count). The van der Waals surface area contributed by atoms with Crippen LogP contribution in [0.5, 0.6) is 5.75 Å². The first-order chi connectivity index (χ1) is 15.7. The summed E-state index contributed by atoms with van der Waals surface area (Å²) >= 11 is 6.39. The summed E-state index contributed by atoms with van der Waals surface area (Å²) in [6, 6.07) is 13.0. The summed E-state index contributed by atoms with van der Waals surface area (Å²) in [5.41, 5.74) is 2.24. The summed E-state index contributed by atoms with van der Waals surface area (Å²) in [6.07, 6.45) is -1.89. The smallest absolute Gasteiger partial charge is 0.308 e. The molecule has 6 nitrogen and oxygen atoms in total. The van der Waals surface area contributed by atoms with E-state index in [4.69, 9.17) is 25.8 Å². The molecule has 1 aliphatic rings. The van der Waals surface area contributed by atoms with E-state index in [1.54, 1.807) is 17.9 Å². The molecule has 0 unspecified atom stereocenters. The van der Waals surface area contributed by atoms with Gasteiger partial charge in [-0.25, -0.2) is 0 Å². The largest absolute Gasteiger partial charge is 0.491 e. The zero-order valence-corrected chi connectivity index (χ0v) is 20.6. The van der Waals surface area contributed by atoms with Crippen LogP contribution in [0.1, 0.15) is 58.3 Å². The van der Waals surface area contributed by atoms with E-state index in [0.717, 1.165) is 11.1 Å². The van der Waals surface area contributed by atoms with Gasteiger partial charge in [0.1, 0.15) is 18.0 Å². The van der Waals surface area contributed by atoms with Gasteiger partial charge in [0.2, 0.25) is 0 Å². The number of carbonyl (C=O) groups is 2. The number of para-hydroxylation sites is 1. The van der Waals surface area contributed by atoms with Gasteiger partial charge >= 0.3 is 5.97 Å². The first kappa shape index (κ1) is 25.1. The Hall–Kier alpha value is -2.57. The number of hydrogen-bond donors (Lipinski definition) is 0. The SMILES string of the molecule is CCOC(=O)C[C@H]1O[C@H](c2ccccc2OC(C)C)c2cc(Cl)ccc2N(CC(C)C)C1=O. The van der Waals surface area contributed by atoms with Gasteiger partial charge in [0.25, 0.3) is 5.91 Å². The molecule has 0 aromatic heterocycles. The number of nitrogens with zero attached hydrogens (tertiary/aromatic N) is 1. The molecular formula is C26H32ClNO5. The minimum Gasteiger partial charge on any atom is -0.491 e. The van der Waals surface area contributed by atoms with E-state index in [1.807, 2.05) is 64.1 Å². The zero-order chi connectivity index (χ0) is 24.1. The molecule has 0 radical (unpaired) electrons. The topological polar surface area (TPSA) is 65.1 Å². The number of rotatable bonds is 8. The van der Waals surface area contributed by atoms with Crippen molar-refractivity contribution in [1.29, 1.82) is 0 Å². The fourth-order valence-corrected chi connectivity index (χ4v) is 4.11. The van der Waals surface area contributed by atoms with Gasteiger partial charge in [-0.15, -0.1) is 0 Å². The van der Waals surface area contributed by atoms with Crippen LogP contribution in [0.15, 0.2) is 42.5 Å². The van der Waals surface area contributed by atoms with Gasteiger partial charge in [0.15, 0.2) is 0 Å². The molecule has 0 aliphatic carbocycles. The molecule has 178 valence electrons. The Balaban J connectivity index is 2.17. The highest BCUT2D eigenvalue weighted by molar-refractivity contribution is 6.30. The van der Waals surface area contributed by atoms with E-state index >= 15 is 0 Å². The molecule has 1 aliphatic heterocycles. The second kappa shape index (κ2) is 11.0. The van der Waals surface area contributed by atoms with Gasteiger partial charge < -0.3 is 19.1 Å². The first-order valence-corrected chi connectivity index (χ1v) is 11.8. The highest BCUT2D eigenvalue weighted by Gasteiger charge is 2.39.